The van der Waals surface area contributed by atoms with Crippen LogP contribution >= 0.6 is 0 Å². The minimum atomic E-state index is -0.250. The summed E-state index contributed by atoms with van der Waals surface area (Å²) >= 11 is 0. The predicted molar refractivity (Wildman–Crippen MR) is 144 cm³/mol. The molecule has 3 aromatic carbocycles. The lowest BCUT2D eigenvalue weighted by molar-refractivity contribution is 0.149. The molecule has 0 unspecified atom stereocenters. The minimum absolute atomic E-state index is 0.0416. The van der Waals surface area contributed by atoms with Crippen LogP contribution in [0.2, 0.25) is 0 Å². The summed E-state index contributed by atoms with van der Waals surface area (Å²) < 4.78 is 15.1. The van der Waals surface area contributed by atoms with E-state index >= 15 is 0 Å². The molecule has 5 heteroatoms. The van der Waals surface area contributed by atoms with Gasteiger partial charge in [0, 0.05) is 30.9 Å². The lowest BCUT2D eigenvalue weighted by Gasteiger charge is -2.34. The summed E-state index contributed by atoms with van der Waals surface area (Å²) in [5.41, 5.74) is 3.14. The Morgan fingerprint density at radius 2 is 1.50 bits per heavy atom. The van der Waals surface area contributed by atoms with E-state index in [0.717, 1.165) is 36.2 Å². The molecule has 4 nitrogen and oxygen atoms in total. The van der Waals surface area contributed by atoms with Crippen LogP contribution in [0, 0.1) is 5.82 Å². The quantitative estimate of drug-likeness (QED) is 0.293. The van der Waals surface area contributed by atoms with Crippen LogP contribution in [-0.2, 0) is 19.4 Å². The number of rotatable bonds is 9. The molecule has 0 saturated heterocycles. The molecule has 1 saturated carbocycles. The number of hydrogen-bond acceptors (Lipinski definition) is 3. The fourth-order valence-electron chi connectivity index (χ4n) is 5.45. The maximum absolute atomic E-state index is 13.4. The highest BCUT2D eigenvalue weighted by Gasteiger charge is 2.21. The first-order chi connectivity index (χ1) is 17.7. The Hall–Kier alpha value is -3.31. The molecule has 1 fully saturated rings. The zero-order valence-corrected chi connectivity index (χ0v) is 20.8. The van der Waals surface area contributed by atoms with Crippen molar-refractivity contribution in [3.63, 3.8) is 0 Å². The Morgan fingerprint density at radius 3 is 2.25 bits per heavy atom. The van der Waals surface area contributed by atoms with Crippen molar-refractivity contribution in [1.82, 2.24) is 14.7 Å². The molecule has 1 aliphatic carbocycles. The number of fused-ring (bicyclic) bond motifs is 1. The summed E-state index contributed by atoms with van der Waals surface area (Å²) in [6.45, 7) is 2.35. The SMILES string of the molecule is O=c1c2ccccc2c(Cc2ccc(F)cc2)nn1CCN(CCc1ccccc1)C1CCCCC1. The van der Waals surface area contributed by atoms with Crippen LogP contribution in [0.1, 0.15) is 48.9 Å². The van der Waals surface area contributed by atoms with Gasteiger partial charge in [0.1, 0.15) is 5.82 Å². The Labute approximate surface area is 212 Å². The van der Waals surface area contributed by atoms with Crippen molar-refractivity contribution in [3.05, 3.63) is 112 Å². The highest BCUT2D eigenvalue weighted by Crippen LogP contribution is 2.23. The van der Waals surface area contributed by atoms with Gasteiger partial charge in [-0.1, -0.05) is 79.9 Å². The zero-order chi connectivity index (χ0) is 24.7. The van der Waals surface area contributed by atoms with Crippen LogP contribution in [0.4, 0.5) is 4.39 Å². The van der Waals surface area contributed by atoms with Crippen molar-refractivity contribution in [2.45, 2.75) is 57.5 Å². The second-order valence-electron chi connectivity index (χ2n) is 9.89. The largest absolute Gasteiger partial charge is 0.298 e. The van der Waals surface area contributed by atoms with E-state index in [2.05, 4.69) is 35.2 Å². The van der Waals surface area contributed by atoms with E-state index in [4.69, 9.17) is 5.10 Å². The molecule has 186 valence electrons. The lowest BCUT2D eigenvalue weighted by Crippen LogP contribution is -2.41. The Balaban J connectivity index is 1.39. The van der Waals surface area contributed by atoms with Crippen LogP contribution in [0.15, 0.2) is 83.7 Å². The van der Waals surface area contributed by atoms with Crippen molar-refractivity contribution in [1.29, 1.82) is 0 Å². The first kappa shape index (κ1) is 24.4. The van der Waals surface area contributed by atoms with Crippen molar-refractivity contribution in [3.8, 4) is 0 Å². The summed E-state index contributed by atoms with van der Waals surface area (Å²) in [6.07, 6.45) is 7.90. The van der Waals surface area contributed by atoms with E-state index in [1.807, 2.05) is 24.3 Å². The van der Waals surface area contributed by atoms with Gasteiger partial charge in [-0.25, -0.2) is 9.07 Å². The average molecular weight is 484 g/mol. The van der Waals surface area contributed by atoms with E-state index < -0.39 is 0 Å². The maximum atomic E-state index is 13.4. The summed E-state index contributed by atoms with van der Waals surface area (Å²) in [5.74, 6) is -0.250. The third-order valence-electron chi connectivity index (χ3n) is 7.45. The standard InChI is InChI=1S/C31H34FN3O/c32-26-17-15-25(16-18-26)23-30-28-13-7-8-14-29(28)31(36)35(33-30)22-21-34(27-11-5-2-6-12-27)20-19-24-9-3-1-4-10-24/h1,3-4,7-10,13-18,27H,2,5-6,11-12,19-23H2. The van der Waals surface area contributed by atoms with Crippen LogP contribution in [0.5, 0.6) is 0 Å². The molecular weight excluding hydrogens is 449 g/mol. The summed E-state index contributed by atoms with van der Waals surface area (Å²) in [7, 11) is 0. The topological polar surface area (TPSA) is 38.1 Å². The van der Waals surface area contributed by atoms with E-state index in [-0.39, 0.29) is 11.4 Å². The van der Waals surface area contributed by atoms with Crippen LogP contribution < -0.4 is 5.56 Å². The fraction of sp³-hybridized carbons (Fsp3) is 0.355. The molecule has 0 spiro atoms. The third kappa shape index (κ3) is 5.90. The summed E-state index contributed by atoms with van der Waals surface area (Å²) in [5, 5.41) is 6.40. The summed E-state index contributed by atoms with van der Waals surface area (Å²) in [4.78, 5) is 16.0. The third-order valence-corrected chi connectivity index (χ3v) is 7.45. The van der Waals surface area contributed by atoms with Gasteiger partial charge in [-0.2, -0.15) is 5.10 Å². The van der Waals surface area contributed by atoms with E-state index in [1.165, 1.54) is 49.8 Å². The van der Waals surface area contributed by atoms with Crippen molar-refractivity contribution in [2.24, 2.45) is 0 Å². The van der Waals surface area contributed by atoms with Gasteiger partial charge >= 0.3 is 0 Å². The van der Waals surface area contributed by atoms with Gasteiger partial charge in [0.15, 0.2) is 0 Å². The predicted octanol–water partition coefficient (Wildman–Crippen LogP) is 6.00. The number of benzene rings is 3. The second kappa shape index (κ2) is 11.6. The maximum Gasteiger partial charge on any atom is 0.274 e. The summed E-state index contributed by atoms with van der Waals surface area (Å²) in [6, 6.07) is 25.4. The van der Waals surface area contributed by atoms with Gasteiger partial charge in [0.2, 0.25) is 0 Å². The van der Waals surface area contributed by atoms with Gasteiger partial charge < -0.3 is 0 Å². The molecule has 0 amide bonds. The van der Waals surface area contributed by atoms with Crippen LogP contribution in [0.3, 0.4) is 0 Å². The van der Waals surface area contributed by atoms with Gasteiger partial charge in [0.05, 0.1) is 17.6 Å². The lowest BCUT2D eigenvalue weighted by atomic mass is 9.94. The molecule has 1 heterocycles. The van der Waals surface area contributed by atoms with Crippen molar-refractivity contribution < 1.29 is 4.39 Å². The highest BCUT2D eigenvalue weighted by molar-refractivity contribution is 5.83. The van der Waals surface area contributed by atoms with Crippen molar-refractivity contribution in [2.75, 3.05) is 13.1 Å². The minimum Gasteiger partial charge on any atom is -0.298 e. The number of aromatic nitrogens is 2. The fourth-order valence-corrected chi connectivity index (χ4v) is 5.45. The Morgan fingerprint density at radius 1 is 0.806 bits per heavy atom. The molecule has 1 aliphatic rings. The van der Waals surface area contributed by atoms with E-state index in [0.29, 0.717) is 24.4 Å². The van der Waals surface area contributed by atoms with Gasteiger partial charge in [-0.05, 0) is 48.6 Å². The monoisotopic (exact) mass is 483 g/mol. The Kier molecular flexibility index (Phi) is 7.87. The number of hydrogen-bond donors (Lipinski definition) is 0. The number of nitrogens with zero attached hydrogens (tertiary/aromatic N) is 3. The highest BCUT2D eigenvalue weighted by atomic mass is 19.1. The van der Waals surface area contributed by atoms with Crippen molar-refractivity contribution >= 4 is 10.8 Å². The van der Waals surface area contributed by atoms with Gasteiger partial charge in [-0.15, -0.1) is 0 Å². The molecule has 0 bridgehead atoms. The molecule has 0 aliphatic heterocycles. The smallest absolute Gasteiger partial charge is 0.274 e. The normalized spacial score (nSPS) is 14.5. The first-order valence-corrected chi connectivity index (χ1v) is 13.2. The average Bonchev–Trinajstić information content (AvgIpc) is 2.93. The molecule has 1 aromatic heterocycles. The molecule has 5 rings (SSSR count). The molecular formula is C31H34FN3O. The van der Waals surface area contributed by atoms with Gasteiger partial charge in [-0.3, -0.25) is 9.69 Å². The Bertz CT molecular complexity index is 1330. The van der Waals surface area contributed by atoms with Gasteiger partial charge in [0.25, 0.3) is 5.56 Å². The second-order valence-corrected chi connectivity index (χ2v) is 9.89. The molecule has 0 N–H and O–H groups in total. The molecule has 0 atom stereocenters. The van der Waals surface area contributed by atoms with E-state index in [1.54, 1.807) is 16.8 Å². The first-order valence-electron chi connectivity index (χ1n) is 13.2. The zero-order valence-electron chi connectivity index (χ0n) is 20.8. The van der Waals surface area contributed by atoms with E-state index in [9.17, 15) is 9.18 Å². The van der Waals surface area contributed by atoms with Crippen LogP contribution in [0.25, 0.3) is 10.8 Å². The van der Waals surface area contributed by atoms with Crippen LogP contribution in [-0.4, -0.2) is 33.8 Å². The molecule has 36 heavy (non-hydrogen) atoms. The number of halogens is 1. The molecule has 4 aromatic rings. The molecule has 0 radical (unpaired) electrons.